The van der Waals surface area contributed by atoms with Crippen LogP contribution >= 0.6 is 0 Å². The molecule has 1 atom stereocenters. The second-order valence-corrected chi connectivity index (χ2v) is 3.25. The van der Waals surface area contributed by atoms with Crippen LogP contribution in [-0.4, -0.2) is 24.2 Å². The molecule has 0 saturated heterocycles. The van der Waals surface area contributed by atoms with Gasteiger partial charge in [-0.25, -0.2) is 0 Å². The van der Waals surface area contributed by atoms with Gasteiger partial charge >= 0.3 is 0 Å². The molecule has 4 nitrogen and oxygen atoms in total. The number of nitrogens with one attached hydrogen (secondary N) is 1. The van der Waals surface area contributed by atoms with Crippen molar-refractivity contribution in [2.24, 2.45) is 5.73 Å². The van der Waals surface area contributed by atoms with E-state index in [-0.39, 0.29) is 25.0 Å². The van der Waals surface area contributed by atoms with Gasteiger partial charge in [0.2, 0.25) is 5.91 Å². The van der Waals surface area contributed by atoms with Crippen molar-refractivity contribution in [3.8, 4) is 0 Å². The minimum absolute atomic E-state index is 0.111. The Morgan fingerprint density at radius 3 is 2.60 bits per heavy atom. The fourth-order valence-corrected chi connectivity index (χ4v) is 1.32. The molecule has 0 unspecified atom stereocenters. The monoisotopic (exact) mass is 208 g/mol. The number of carbonyl (C=O) groups excluding carboxylic acids is 1. The van der Waals surface area contributed by atoms with Crippen LogP contribution in [0.3, 0.4) is 0 Å². The Balaban J connectivity index is 2.61. The quantitative estimate of drug-likeness (QED) is 0.646. The molecule has 1 aromatic carbocycles. The van der Waals surface area contributed by atoms with E-state index < -0.39 is 0 Å². The number of hydrogen-bond donors (Lipinski definition) is 3. The summed E-state index contributed by atoms with van der Waals surface area (Å²) in [6, 6.07) is 9.01. The summed E-state index contributed by atoms with van der Waals surface area (Å²) in [6.45, 7) is 0.207. The first-order valence-electron chi connectivity index (χ1n) is 4.93. The first-order chi connectivity index (χ1) is 7.27. The van der Waals surface area contributed by atoms with Crippen LogP contribution in [0.5, 0.6) is 0 Å². The summed E-state index contributed by atoms with van der Waals surface area (Å²) in [5.41, 5.74) is 6.16. The van der Waals surface area contributed by atoms with Crippen molar-refractivity contribution >= 4 is 5.91 Å². The number of carbonyl (C=O) groups is 1. The molecule has 4 N–H and O–H groups in total. The summed E-state index contributed by atoms with van der Waals surface area (Å²) >= 11 is 0. The number of amides is 1. The Kier molecular flexibility index (Phi) is 4.80. The number of benzene rings is 1. The molecule has 0 aliphatic rings. The molecule has 0 aromatic heterocycles. The molecule has 0 aliphatic heterocycles. The summed E-state index contributed by atoms with van der Waals surface area (Å²) < 4.78 is 0. The molecule has 15 heavy (non-hydrogen) atoms. The van der Waals surface area contributed by atoms with Crippen molar-refractivity contribution in [1.29, 1.82) is 0 Å². The lowest BCUT2D eigenvalue weighted by Crippen LogP contribution is -2.31. The zero-order valence-electron chi connectivity index (χ0n) is 8.52. The van der Waals surface area contributed by atoms with Crippen LogP contribution in [0.15, 0.2) is 30.3 Å². The SMILES string of the molecule is NCCC(=O)N[C@H](CO)c1ccccc1. The number of hydrogen-bond acceptors (Lipinski definition) is 3. The zero-order chi connectivity index (χ0) is 11.1. The molecule has 0 bridgehead atoms. The Hall–Kier alpha value is -1.39. The average Bonchev–Trinajstić information content (AvgIpc) is 2.27. The fourth-order valence-electron chi connectivity index (χ4n) is 1.32. The van der Waals surface area contributed by atoms with Crippen LogP contribution < -0.4 is 11.1 Å². The van der Waals surface area contributed by atoms with E-state index in [0.717, 1.165) is 5.56 Å². The largest absolute Gasteiger partial charge is 0.394 e. The topological polar surface area (TPSA) is 75.4 Å². The Bertz CT molecular complexity index is 301. The molecule has 1 rings (SSSR count). The van der Waals surface area contributed by atoms with Gasteiger partial charge in [-0.3, -0.25) is 4.79 Å². The van der Waals surface area contributed by atoms with Crippen molar-refractivity contribution in [2.75, 3.05) is 13.2 Å². The van der Waals surface area contributed by atoms with Gasteiger partial charge in [-0.2, -0.15) is 0 Å². The van der Waals surface area contributed by atoms with Crippen LogP contribution in [0.4, 0.5) is 0 Å². The summed E-state index contributed by atoms with van der Waals surface area (Å²) in [4.78, 5) is 11.3. The third-order valence-corrected chi connectivity index (χ3v) is 2.09. The Labute approximate surface area is 89.1 Å². The van der Waals surface area contributed by atoms with Crippen LogP contribution in [0.2, 0.25) is 0 Å². The number of aliphatic hydroxyl groups is 1. The molecule has 0 spiro atoms. The Morgan fingerprint density at radius 2 is 2.07 bits per heavy atom. The van der Waals surface area contributed by atoms with E-state index in [2.05, 4.69) is 5.32 Å². The highest BCUT2D eigenvalue weighted by Gasteiger charge is 2.12. The number of rotatable bonds is 5. The molecule has 1 aromatic rings. The van der Waals surface area contributed by atoms with E-state index in [1.807, 2.05) is 30.3 Å². The lowest BCUT2D eigenvalue weighted by molar-refractivity contribution is -0.121. The molecule has 0 heterocycles. The van der Waals surface area contributed by atoms with Gasteiger partial charge in [-0.1, -0.05) is 30.3 Å². The zero-order valence-corrected chi connectivity index (χ0v) is 8.52. The minimum atomic E-state index is -0.342. The fraction of sp³-hybridized carbons (Fsp3) is 0.364. The summed E-state index contributed by atoms with van der Waals surface area (Å²) in [5, 5.41) is 11.9. The van der Waals surface area contributed by atoms with E-state index >= 15 is 0 Å². The van der Waals surface area contributed by atoms with Gasteiger partial charge < -0.3 is 16.2 Å². The third-order valence-electron chi connectivity index (χ3n) is 2.09. The van der Waals surface area contributed by atoms with Crippen molar-refractivity contribution in [3.05, 3.63) is 35.9 Å². The van der Waals surface area contributed by atoms with E-state index in [4.69, 9.17) is 10.8 Å². The molecule has 4 heteroatoms. The van der Waals surface area contributed by atoms with Crippen molar-refractivity contribution < 1.29 is 9.90 Å². The van der Waals surface area contributed by atoms with Crippen molar-refractivity contribution in [1.82, 2.24) is 5.32 Å². The summed E-state index contributed by atoms with van der Waals surface area (Å²) in [6.07, 6.45) is 0.281. The van der Waals surface area contributed by atoms with Gasteiger partial charge in [-0.15, -0.1) is 0 Å². The molecular weight excluding hydrogens is 192 g/mol. The predicted octanol–water partition coefficient (Wildman–Crippen LogP) is 0.185. The second-order valence-electron chi connectivity index (χ2n) is 3.25. The van der Waals surface area contributed by atoms with E-state index in [1.54, 1.807) is 0 Å². The molecule has 0 saturated carbocycles. The molecule has 1 amide bonds. The highest BCUT2D eigenvalue weighted by atomic mass is 16.3. The lowest BCUT2D eigenvalue weighted by Gasteiger charge is -2.16. The van der Waals surface area contributed by atoms with Gasteiger partial charge in [0.15, 0.2) is 0 Å². The normalized spacial score (nSPS) is 12.1. The molecular formula is C11H16N2O2. The Morgan fingerprint density at radius 1 is 1.40 bits per heavy atom. The van der Waals surface area contributed by atoms with E-state index in [9.17, 15) is 4.79 Å². The maximum absolute atomic E-state index is 11.3. The van der Waals surface area contributed by atoms with Gasteiger partial charge in [-0.05, 0) is 5.56 Å². The number of nitrogens with two attached hydrogens (primary N) is 1. The smallest absolute Gasteiger partial charge is 0.221 e. The third kappa shape index (κ3) is 3.69. The molecule has 0 fully saturated rings. The van der Waals surface area contributed by atoms with Crippen molar-refractivity contribution in [2.45, 2.75) is 12.5 Å². The summed E-state index contributed by atoms with van der Waals surface area (Å²) in [7, 11) is 0. The molecule has 82 valence electrons. The maximum Gasteiger partial charge on any atom is 0.221 e. The highest BCUT2D eigenvalue weighted by Crippen LogP contribution is 2.11. The number of aliphatic hydroxyl groups excluding tert-OH is 1. The van der Waals surface area contributed by atoms with Gasteiger partial charge in [0, 0.05) is 13.0 Å². The van der Waals surface area contributed by atoms with Crippen LogP contribution in [-0.2, 0) is 4.79 Å². The second kappa shape index (κ2) is 6.16. The summed E-state index contributed by atoms with van der Waals surface area (Å²) in [5.74, 6) is -0.139. The van der Waals surface area contributed by atoms with Crippen molar-refractivity contribution in [3.63, 3.8) is 0 Å². The van der Waals surface area contributed by atoms with Gasteiger partial charge in [0.25, 0.3) is 0 Å². The first kappa shape index (κ1) is 11.7. The van der Waals surface area contributed by atoms with Gasteiger partial charge in [0.05, 0.1) is 12.6 Å². The standard InChI is InChI=1S/C11H16N2O2/c12-7-6-11(15)13-10(8-14)9-4-2-1-3-5-9/h1-5,10,14H,6-8,12H2,(H,13,15)/t10-/m1/s1. The maximum atomic E-state index is 11.3. The minimum Gasteiger partial charge on any atom is -0.394 e. The lowest BCUT2D eigenvalue weighted by atomic mass is 10.1. The highest BCUT2D eigenvalue weighted by molar-refractivity contribution is 5.76. The van der Waals surface area contributed by atoms with Gasteiger partial charge in [0.1, 0.15) is 0 Å². The van der Waals surface area contributed by atoms with E-state index in [1.165, 1.54) is 0 Å². The predicted molar refractivity (Wildman–Crippen MR) is 58.1 cm³/mol. The van der Waals surface area contributed by atoms with E-state index in [0.29, 0.717) is 6.54 Å². The molecule has 0 radical (unpaired) electrons. The van der Waals surface area contributed by atoms with Crippen LogP contribution in [0.25, 0.3) is 0 Å². The van der Waals surface area contributed by atoms with Crippen LogP contribution in [0.1, 0.15) is 18.0 Å². The average molecular weight is 208 g/mol. The molecule has 0 aliphatic carbocycles. The first-order valence-corrected chi connectivity index (χ1v) is 4.93. The van der Waals surface area contributed by atoms with Crippen LogP contribution in [0, 0.1) is 0 Å².